The first kappa shape index (κ1) is 7.52. The van der Waals surface area contributed by atoms with E-state index < -0.39 is 16.5 Å². The Hall–Kier alpha value is -1.59. The Morgan fingerprint density at radius 3 is 2.82 bits per heavy atom. The first-order valence-corrected chi connectivity index (χ1v) is 2.91. The Bertz CT molecular complexity index is 302. The molecule has 1 aromatic heterocycles. The van der Waals surface area contributed by atoms with E-state index in [1.54, 1.807) is 7.85 Å². The average molecular weight is 152 g/mol. The molecule has 56 valence electrons. The quantitative estimate of drug-likeness (QED) is 0.316. The fourth-order valence-corrected chi connectivity index (χ4v) is 0.687. The third-order valence-corrected chi connectivity index (χ3v) is 1.16. The monoisotopic (exact) mass is 152 g/mol. The van der Waals surface area contributed by atoms with Crippen LogP contribution >= 0.6 is 0 Å². The Morgan fingerprint density at radius 2 is 2.36 bits per heavy atom. The highest BCUT2D eigenvalue weighted by molar-refractivity contribution is 6.32. The number of aromatic nitrogens is 1. The van der Waals surface area contributed by atoms with Crippen LogP contribution in [0.2, 0.25) is 0 Å². The van der Waals surface area contributed by atoms with E-state index in [9.17, 15) is 10.1 Å². The van der Waals surface area contributed by atoms with Gasteiger partial charge < -0.3 is 15.2 Å². The molecule has 0 saturated heterocycles. The molecule has 0 saturated carbocycles. The van der Waals surface area contributed by atoms with Gasteiger partial charge in [-0.1, -0.05) is 0 Å². The van der Waals surface area contributed by atoms with Gasteiger partial charge in [-0.15, -0.1) is 0 Å². The van der Waals surface area contributed by atoms with Crippen molar-refractivity contribution in [3.8, 4) is 5.75 Å². The van der Waals surface area contributed by atoms with Crippen LogP contribution in [0, 0.1) is 10.1 Å². The third kappa shape index (κ3) is 1.46. The minimum Gasteiger partial charge on any atom is -0.501 e. The third-order valence-electron chi connectivity index (χ3n) is 1.16. The van der Waals surface area contributed by atoms with Gasteiger partial charge in [-0.3, -0.25) is 0 Å². The molecule has 1 rings (SSSR count). The predicted molar refractivity (Wildman–Crippen MR) is 40.7 cm³/mol. The van der Waals surface area contributed by atoms with Gasteiger partial charge in [0, 0.05) is 0 Å². The highest BCUT2D eigenvalue weighted by Gasteiger charge is 2.13. The van der Waals surface area contributed by atoms with Gasteiger partial charge in [0.15, 0.2) is 0 Å². The zero-order valence-electron chi connectivity index (χ0n) is 5.81. The van der Waals surface area contributed by atoms with E-state index in [0.717, 1.165) is 0 Å². The van der Waals surface area contributed by atoms with Crippen molar-refractivity contribution < 1.29 is 10.0 Å². The fraction of sp³-hybridized carbons (Fsp3) is 0. The molecule has 0 aromatic carbocycles. The van der Waals surface area contributed by atoms with Crippen LogP contribution in [0.25, 0.3) is 0 Å². The zero-order valence-corrected chi connectivity index (χ0v) is 5.81. The lowest BCUT2D eigenvalue weighted by Crippen LogP contribution is -2.04. The molecule has 11 heavy (non-hydrogen) atoms. The molecule has 1 heterocycles. The molecule has 6 heteroatoms. The van der Waals surface area contributed by atoms with Crippen LogP contribution < -0.4 is 5.46 Å². The average Bonchev–Trinajstić information content (AvgIpc) is 1.85. The maximum atomic E-state index is 10.1. The SMILES string of the molecule is Bc1cnc([N+](=O)[O-])c(O)c1. The molecule has 0 spiro atoms. The molecule has 1 N–H and O–H groups in total. The van der Waals surface area contributed by atoms with Crippen LogP contribution in [0.1, 0.15) is 0 Å². The lowest BCUT2D eigenvalue weighted by Gasteiger charge is -1.94. The molecular weight excluding hydrogens is 147 g/mol. The van der Waals surface area contributed by atoms with Crippen molar-refractivity contribution in [3.05, 3.63) is 22.4 Å². The topological polar surface area (TPSA) is 76.3 Å². The smallest absolute Gasteiger partial charge is 0.405 e. The van der Waals surface area contributed by atoms with Gasteiger partial charge in [-0.25, -0.2) is 0 Å². The van der Waals surface area contributed by atoms with Gasteiger partial charge in [-0.05, 0) is 21.4 Å². The van der Waals surface area contributed by atoms with Crippen molar-refractivity contribution in [2.24, 2.45) is 0 Å². The van der Waals surface area contributed by atoms with Crippen LogP contribution in [0.3, 0.4) is 0 Å². The largest absolute Gasteiger partial charge is 0.501 e. The van der Waals surface area contributed by atoms with Crippen molar-refractivity contribution in [2.75, 3.05) is 0 Å². The lowest BCUT2D eigenvalue weighted by molar-refractivity contribution is -0.390. The number of hydrogen-bond acceptors (Lipinski definition) is 4. The van der Waals surface area contributed by atoms with E-state index in [-0.39, 0.29) is 0 Å². The molecule has 0 aliphatic heterocycles. The molecule has 1 aromatic rings. The maximum Gasteiger partial charge on any atom is 0.405 e. The number of hydrogen-bond donors (Lipinski definition) is 1. The summed E-state index contributed by atoms with van der Waals surface area (Å²) in [7, 11) is 1.69. The molecule has 0 atom stereocenters. The summed E-state index contributed by atoms with van der Waals surface area (Å²) in [4.78, 5) is 12.8. The van der Waals surface area contributed by atoms with Crippen molar-refractivity contribution in [2.45, 2.75) is 0 Å². The second-order valence-electron chi connectivity index (χ2n) is 2.11. The first-order valence-electron chi connectivity index (χ1n) is 2.91. The van der Waals surface area contributed by atoms with Gasteiger partial charge in [0.05, 0.1) is 0 Å². The van der Waals surface area contributed by atoms with Crippen LogP contribution in [0.5, 0.6) is 5.75 Å². The normalized spacial score (nSPS) is 9.45. The minimum absolute atomic E-state index is 0.394. The number of nitro groups is 1. The number of pyridine rings is 1. The van der Waals surface area contributed by atoms with Crippen molar-refractivity contribution in [1.82, 2.24) is 4.98 Å². The maximum absolute atomic E-state index is 10.1. The Morgan fingerprint density at radius 1 is 1.73 bits per heavy atom. The molecule has 0 aliphatic rings. The molecular formula is C5H5BN2O3. The second kappa shape index (κ2) is 2.57. The minimum atomic E-state index is -0.727. The molecule has 0 radical (unpaired) electrons. The van der Waals surface area contributed by atoms with E-state index in [0.29, 0.717) is 5.46 Å². The van der Waals surface area contributed by atoms with Gasteiger partial charge in [0.25, 0.3) is 0 Å². The first-order chi connectivity index (χ1) is 5.11. The van der Waals surface area contributed by atoms with Crippen molar-refractivity contribution in [1.29, 1.82) is 0 Å². The second-order valence-corrected chi connectivity index (χ2v) is 2.11. The molecule has 0 fully saturated rings. The van der Waals surface area contributed by atoms with E-state index in [1.807, 2.05) is 0 Å². The van der Waals surface area contributed by atoms with E-state index in [4.69, 9.17) is 5.11 Å². The van der Waals surface area contributed by atoms with Crippen molar-refractivity contribution in [3.63, 3.8) is 0 Å². The van der Waals surface area contributed by atoms with Gasteiger partial charge >= 0.3 is 5.82 Å². The molecule has 0 unspecified atom stereocenters. The molecule has 5 nitrogen and oxygen atoms in total. The van der Waals surface area contributed by atoms with Crippen molar-refractivity contribution >= 4 is 19.1 Å². The number of rotatable bonds is 1. The Kier molecular flexibility index (Phi) is 1.76. The highest BCUT2D eigenvalue weighted by Crippen LogP contribution is 2.18. The van der Waals surface area contributed by atoms with Crippen LogP contribution in [0.4, 0.5) is 5.82 Å². The fourth-order valence-electron chi connectivity index (χ4n) is 0.687. The summed E-state index contributed by atoms with van der Waals surface area (Å²) in [5, 5.41) is 19.1. The lowest BCUT2D eigenvalue weighted by atomic mass is 9.99. The molecule has 0 aliphatic carbocycles. The summed E-state index contributed by atoms with van der Waals surface area (Å²) in [5.74, 6) is -0.898. The van der Waals surface area contributed by atoms with Gasteiger partial charge in [-0.2, -0.15) is 0 Å². The summed E-state index contributed by atoms with van der Waals surface area (Å²) >= 11 is 0. The summed E-state index contributed by atoms with van der Waals surface area (Å²) in [6, 6.07) is 1.30. The summed E-state index contributed by atoms with van der Waals surface area (Å²) in [6.07, 6.45) is 1.33. The number of nitrogens with zero attached hydrogens (tertiary/aromatic N) is 2. The summed E-state index contributed by atoms with van der Waals surface area (Å²) < 4.78 is 0. The standard InChI is InChI=1S/C5H5BN2O3/c6-3-1-4(9)5(7-2-3)8(10)11/h1-2,9H,6H2. The van der Waals surface area contributed by atoms with Gasteiger partial charge in [0.1, 0.15) is 14.0 Å². The molecule has 0 amide bonds. The van der Waals surface area contributed by atoms with E-state index in [1.165, 1.54) is 12.3 Å². The van der Waals surface area contributed by atoms with E-state index in [2.05, 4.69) is 4.98 Å². The van der Waals surface area contributed by atoms with Crippen LogP contribution in [-0.4, -0.2) is 22.9 Å². The number of aromatic hydroxyl groups is 1. The highest BCUT2D eigenvalue weighted by atomic mass is 16.6. The van der Waals surface area contributed by atoms with E-state index >= 15 is 0 Å². The van der Waals surface area contributed by atoms with Gasteiger partial charge in [0.2, 0.25) is 5.75 Å². The summed E-state index contributed by atoms with van der Waals surface area (Å²) in [6.45, 7) is 0. The Balaban J connectivity index is 3.20. The predicted octanol–water partition coefficient (Wildman–Crippen LogP) is -1.05. The van der Waals surface area contributed by atoms with Crippen LogP contribution in [0.15, 0.2) is 12.3 Å². The Labute approximate surface area is 63.3 Å². The van der Waals surface area contributed by atoms with Crippen LogP contribution in [-0.2, 0) is 0 Å². The zero-order chi connectivity index (χ0) is 8.43. The summed E-state index contributed by atoms with van der Waals surface area (Å²) in [5.41, 5.74) is 0.688. The molecule has 0 bridgehead atoms.